The Hall–Kier alpha value is -2.64. The van der Waals surface area contributed by atoms with Gasteiger partial charge >= 0.3 is 0 Å². The lowest BCUT2D eigenvalue weighted by molar-refractivity contribution is -0.383. The predicted octanol–water partition coefficient (Wildman–Crippen LogP) is 0.481. The van der Waals surface area contributed by atoms with Crippen LogP contribution < -0.4 is 5.73 Å². The second kappa shape index (κ2) is 5.78. The van der Waals surface area contributed by atoms with Gasteiger partial charge in [0.25, 0.3) is 11.6 Å². The number of hydrogen-bond acceptors (Lipinski definition) is 5. The molecule has 8 heteroatoms. The first-order valence-electron chi connectivity index (χ1n) is 6.47. The Morgan fingerprint density at radius 3 is 2.71 bits per heavy atom. The number of carbonyl (C=O) groups excluding carboxylic acids is 2. The van der Waals surface area contributed by atoms with Crippen LogP contribution in [0.25, 0.3) is 0 Å². The topological polar surface area (TPSA) is 110 Å². The van der Waals surface area contributed by atoms with Crippen LogP contribution in [0.4, 0.5) is 11.4 Å². The van der Waals surface area contributed by atoms with Crippen molar-refractivity contribution in [2.75, 3.05) is 32.4 Å². The van der Waals surface area contributed by atoms with Crippen LogP contribution >= 0.6 is 0 Å². The molecule has 1 aliphatic heterocycles. The molecule has 0 aliphatic carbocycles. The van der Waals surface area contributed by atoms with E-state index in [1.165, 1.54) is 23.1 Å². The van der Waals surface area contributed by atoms with Crippen molar-refractivity contribution < 1.29 is 14.5 Å². The number of hydrogen-bond donors (Lipinski definition) is 1. The van der Waals surface area contributed by atoms with Crippen molar-refractivity contribution in [3.8, 4) is 0 Å². The molecule has 2 rings (SSSR count). The molecule has 0 spiro atoms. The highest BCUT2D eigenvalue weighted by atomic mass is 16.6. The third kappa shape index (κ3) is 3.10. The summed E-state index contributed by atoms with van der Waals surface area (Å²) in [4.78, 5) is 37.3. The van der Waals surface area contributed by atoms with E-state index in [0.29, 0.717) is 19.5 Å². The number of anilines is 1. The number of nitro benzene ring substituents is 1. The Kier molecular flexibility index (Phi) is 4.06. The monoisotopic (exact) mass is 292 g/mol. The summed E-state index contributed by atoms with van der Waals surface area (Å²) in [6.07, 6.45) is 0.691. The molecule has 0 bridgehead atoms. The van der Waals surface area contributed by atoms with Crippen molar-refractivity contribution >= 4 is 23.2 Å². The molecule has 0 atom stereocenters. The van der Waals surface area contributed by atoms with Gasteiger partial charge in [0.1, 0.15) is 12.2 Å². The molecule has 0 unspecified atom stereocenters. The third-order valence-corrected chi connectivity index (χ3v) is 3.43. The second-order valence-corrected chi connectivity index (χ2v) is 4.93. The number of carbonyl (C=O) groups is 2. The Labute approximate surface area is 121 Å². The van der Waals surface area contributed by atoms with Gasteiger partial charge in [-0.2, -0.15) is 0 Å². The zero-order valence-electron chi connectivity index (χ0n) is 11.6. The van der Waals surface area contributed by atoms with E-state index in [1.54, 1.807) is 11.9 Å². The lowest BCUT2D eigenvalue weighted by Crippen LogP contribution is -2.38. The van der Waals surface area contributed by atoms with E-state index >= 15 is 0 Å². The van der Waals surface area contributed by atoms with E-state index in [2.05, 4.69) is 0 Å². The normalized spacial score (nSPS) is 15.8. The molecular formula is C13H16N4O4. The fraction of sp³-hybridized carbons (Fsp3) is 0.385. The molecule has 0 aromatic heterocycles. The lowest BCUT2D eigenvalue weighted by Gasteiger charge is -2.19. The van der Waals surface area contributed by atoms with E-state index in [-0.39, 0.29) is 35.3 Å². The summed E-state index contributed by atoms with van der Waals surface area (Å²) in [7, 11) is 1.69. The summed E-state index contributed by atoms with van der Waals surface area (Å²) in [6.45, 7) is 1.07. The SMILES string of the molecule is CN1CCCN(C(=O)c2ccc([N+](=O)[O-])c(N)c2)CC1=O. The van der Waals surface area contributed by atoms with Crippen LogP contribution in [0.3, 0.4) is 0 Å². The van der Waals surface area contributed by atoms with Crippen LogP contribution in [0, 0.1) is 10.1 Å². The molecule has 0 radical (unpaired) electrons. The van der Waals surface area contributed by atoms with E-state index in [1.807, 2.05) is 0 Å². The molecule has 1 aromatic rings. The zero-order valence-corrected chi connectivity index (χ0v) is 11.6. The number of likely N-dealkylation sites (N-methyl/N-ethyl adjacent to an activating group) is 1. The number of nitro groups is 1. The minimum absolute atomic E-state index is 0.00618. The highest BCUT2D eigenvalue weighted by Gasteiger charge is 2.24. The van der Waals surface area contributed by atoms with Gasteiger partial charge < -0.3 is 15.5 Å². The van der Waals surface area contributed by atoms with Crippen LogP contribution in [0.2, 0.25) is 0 Å². The first kappa shape index (κ1) is 14.8. The van der Waals surface area contributed by atoms with Gasteiger partial charge in [0.05, 0.1) is 4.92 Å². The minimum atomic E-state index is -0.603. The summed E-state index contributed by atoms with van der Waals surface area (Å²) in [5.74, 6) is -0.476. The molecule has 1 fully saturated rings. The van der Waals surface area contributed by atoms with Crippen LogP contribution in [0.5, 0.6) is 0 Å². The molecule has 112 valence electrons. The fourth-order valence-electron chi connectivity index (χ4n) is 2.20. The Balaban J connectivity index is 2.21. The first-order chi connectivity index (χ1) is 9.90. The number of nitrogens with zero attached hydrogens (tertiary/aromatic N) is 3. The molecule has 1 heterocycles. The van der Waals surface area contributed by atoms with Gasteiger partial charge in [-0.15, -0.1) is 0 Å². The highest BCUT2D eigenvalue weighted by Crippen LogP contribution is 2.23. The van der Waals surface area contributed by atoms with Gasteiger partial charge in [0.2, 0.25) is 5.91 Å². The van der Waals surface area contributed by atoms with Crippen LogP contribution in [0.15, 0.2) is 18.2 Å². The maximum atomic E-state index is 12.4. The summed E-state index contributed by atoms with van der Waals surface area (Å²) in [5.41, 5.74) is 5.52. The Bertz CT molecular complexity index is 602. The van der Waals surface area contributed by atoms with Crippen molar-refractivity contribution in [1.29, 1.82) is 0 Å². The second-order valence-electron chi connectivity index (χ2n) is 4.93. The number of nitrogen functional groups attached to an aromatic ring is 1. The molecule has 1 saturated heterocycles. The fourth-order valence-corrected chi connectivity index (χ4v) is 2.20. The van der Waals surface area contributed by atoms with Gasteiger partial charge in [0.15, 0.2) is 0 Å². The summed E-state index contributed by atoms with van der Waals surface area (Å²) in [5, 5.41) is 10.7. The maximum absolute atomic E-state index is 12.4. The minimum Gasteiger partial charge on any atom is -0.393 e. The predicted molar refractivity (Wildman–Crippen MR) is 75.7 cm³/mol. The van der Waals surface area contributed by atoms with Gasteiger partial charge in [-0.3, -0.25) is 19.7 Å². The summed E-state index contributed by atoms with van der Waals surface area (Å²) in [6, 6.07) is 3.84. The maximum Gasteiger partial charge on any atom is 0.292 e. The summed E-state index contributed by atoms with van der Waals surface area (Å²) >= 11 is 0. The number of benzene rings is 1. The van der Waals surface area contributed by atoms with Gasteiger partial charge in [-0.25, -0.2) is 0 Å². The van der Waals surface area contributed by atoms with Gasteiger partial charge in [-0.05, 0) is 18.6 Å². The van der Waals surface area contributed by atoms with Crippen LogP contribution in [-0.4, -0.2) is 53.2 Å². The smallest absolute Gasteiger partial charge is 0.292 e. The molecule has 1 aromatic carbocycles. The van der Waals surface area contributed by atoms with Crippen LogP contribution in [-0.2, 0) is 4.79 Å². The summed E-state index contributed by atoms with van der Waals surface area (Å²) < 4.78 is 0. The molecule has 21 heavy (non-hydrogen) atoms. The van der Waals surface area contributed by atoms with Gasteiger partial charge in [-0.1, -0.05) is 0 Å². The van der Waals surface area contributed by atoms with Crippen molar-refractivity contribution in [2.45, 2.75) is 6.42 Å². The first-order valence-corrected chi connectivity index (χ1v) is 6.47. The van der Waals surface area contributed by atoms with E-state index in [4.69, 9.17) is 5.73 Å². The zero-order chi connectivity index (χ0) is 15.6. The lowest BCUT2D eigenvalue weighted by atomic mass is 10.1. The number of amides is 2. The van der Waals surface area contributed by atoms with Crippen molar-refractivity contribution in [3.63, 3.8) is 0 Å². The standard InChI is InChI=1S/C13H16N4O4/c1-15-5-2-6-16(8-12(15)18)13(19)9-3-4-11(17(20)21)10(14)7-9/h3-4,7H,2,5-6,8,14H2,1H3. The Morgan fingerprint density at radius 2 is 2.10 bits per heavy atom. The van der Waals surface area contributed by atoms with Crippen molar-refractivity contribution in [2.24, 2.45) is 0 Å². The van der Waals surface area contributed by atoms with Crippen LogP contribution in [0.1, 0.15) is 16.8 Å². The largest absolute Gasteiger partial charge is 0.393 e. The average molecular weight is 292 g/mol. The molecule has 1 aliphatic rings. The number of nitrogens with two attached hydrogens (primary N) is 1. The van der Waals surface area contributed by atoms with Crippen molar-refractivity contribution in [3.05, 3.63) is 33.9 Å². The molecule has 2 amide bonds. The Morgan fingerprint density at radius 1 is 1.38 bits per heavy atom. The molecule has 0 saturated carbocycles. The average Bonchev–Trinajstić information content (AvgIpc) is 2.60. The molecule has 2 N–H and O–H groups in total. The molecule has 8 nitrogen and oxygen atoms in total. The van der Waals surface area contributed by atoms with E-state index < -0.39 is 4.92 Å². The van der Waals surface area contributed by atoms with E-state index in [9.17, 15) is 19.7 Å². The van der Waals surface area contributed by atoms with Gasteiger partial charge in [0, 0.05) is 31.8 Å². The third-order valence-electron chi connectivity index (χ3n) is 3.43. The molecular weight excluding hydrogens is 276 g/mol. The van der Waals surface area contributed by atoms with Crippen molar-refractivity contribution in [1.82, 2.24) is 9.80 Å². The highest BCUT2D eigenvalue weighted by molar-refractivity contribution is 5.97. The van der Waals surface area contributed by atoms with E-state index in [0.717, 1.165) is 0 Å². The quantitative estimate of drug-likeness (QED) is 0.484. The number of rotatable bonds is 2.